The van der Waals surface area contributed by atoms with E-state index in [2.05, 4.69) is 17.4 Å². The van der Waals surface area contributed by atoms with E-state index < -0.39 is 0 Å². The largest absolute Gasteiger partial charge is 0.493 e. The molecule has 0 saturated carbocycles. The minimum atomic E-state index is -0.279. The zero-order valence-electron chi connectivity index (χ0n) is 22.5. The monoisotopic (exact) mass is 563 g/mol. The van der Waals surface area contributed by atoms with Crippen LogP contribution in [0.5, 0.6) is 11.5 Å². The third-order valence-corrected chi connectivity index (χ3v) is 7.24. The van der Waals surface area contributed by atoms with Gasteiger partial charge in [-0.15, -0.1) is 0 Å². The van der Waals surface area contributed by atoms with Crippen LogP contribution in [0.4, 0.5) is 11.4 Å². The number of para-hydroxylation sites is 2. The molecule has 41 heavy (non-hydrogen) atoms. The van der Waals surface area contributed by atoms with Gasteiger partial charge in [-0.1, -0.05) is 72.8 Å². The molecule has 0 aromatic heterocycles. The number of hydrogen-bond donors (Lipinski definition) is 1. The molecule has 1 N–H and O–H groups in total. The van der Waals surface area contributed by atoms with Crippen LogP contribution in [0.1, 0.15) is 11.1 Å². The summed E-state index contributed by atoms with van der Waals surface area (Å²) in [5, 5.41) is 3.43. The lowest BCUT2D eigenvalue weighted by Gasteiger charge is -2.15. The van der Waals surface area contributed by atoms with Crippen molar-refractivity contribution in [3.05, 3.63) is 125 Å². The quantitative estimate of drug-likeness (QED) is 0.221. The fourth-order valence-electron chi connectivity index (χ4n) is 4.19. The van der Waals surface area contributed by atoms with Gasteiger partial charge in [0, 0.05) is 12.2 Å². The Hall–Kier alpha value is -4.82. The van der Waals surface area contributed by atoms with Crippen molar-refractivity contribution in [3.63, 3.8) is 0 Å². The van der Waals surface area contributed by atoms with Gasteiger partial charge in [-0.3, -0.25) is 14.5 Å². The molecule has 1 aliphatic heterocycles. The normalized spacial score (nSPS) is 14.9. The average molecular weight is 564 g/mol. The average Bonchev–Trinajstić information content (AvgIpc) is 3.29. The third-order valence-electron chi connectivity index (χ3n) is 6.24. The van der Waals surface area contributed by atoms with Gasteiger partial charge in [-0.2, -0.15) is 0 Å². The first-order chi connectivity index (χ1) is 20.1. The molecule has 1 aliphatic rings. The SMILES string of the molecule is COc1cc(/C=C2\SC(=Nc3ccccc3)N(CCc3ccccc3)C2=O)ccc1OCC(=O)Nc1ccccc1. The molecule has 0 bridgehead atoms. The summed E-state index contributed by atoms with van der Waals surface area (Å²) < 4.78 is 11.3. The van der Waals surface area contributed by atoms with Gasteiger partial charge in [0.1, 0.15) is 0 Å². The van der Waals surface area contributed by atoms with E-state index in [0.717, 1.165) is 16.8 Å². The number of aliphatic imine (C=N–C) groups is 1. The van der Waals surface area contributed by atoms with E-state index in [1.165, 1.54) is 18.9 Å². The molecule has 4 aromatic rings. The van der Waals surface area contributed by atoms with E-state index in [4.69, 9.17) is 14.5 Å². The summed E-state index contributed by atoms with van der Waals surface area (Å²) in [5.41, 5.74) is 3.40. The summed E-state index contributed by atoms with van der Waals surface area (Å²) in [7, 11) is 1.54. The van der Waals surface area contributed by atoms with Gasteiger partial charge in [0.05, 0.1) is 17.7 Å². The van der Waals surface area contributed by atoms with Crippen molar-refractivity contribution in [2.45, 2.75) is 6.42 Å². The molecule has 1 heterocycles. The van der Waals surface area contributed by atoms with Crippen molar-refractivity contribution in [1.82, 2.24) is 4.90 Å². The van der Waals surface area contributed by atoms with Crippen LogP contribution in [-0.2, 0) is 16.0 Å². The lowest BCUT2D eigenvalue weighted by molar-refractivity contribution is -0.122. The Kier molecular flexibility index (Phi) is 9.13. The standard InChI is InChI=1S/C33H29N3O4S/c1-39-29-21-25(17-18-28(29)40-23-31(37)34-26-13-7-3-8-14-26)22-30-32(38)36(20-19-24-11-5-2-6-12-24)33(41-30)35-27-15-9-4-10-16-27/h2-18,21-22H,19-20,23H2,1H3,(H,34,37)/b30-22-,35-33?. The Morgan fingerprint density at radius 3 is 2.29 bits per heavy atom. The Morgan fingerprint density at radius 1 is 0.902 bits per heavy atom. The predicted molar refractivity (Wildman–Crippen MR) is 165 cm³/mol. The molecule has 206 valence electrons. The highest BCUT2D eigenvalue weighted by molar-refractivity contribution is 8.18. The van der Waals surface area contributed by atoms with Crippen LogP contribution >= 0.6 is 11.8 Å². The number of methoxy groups -OCH3 is 1. The lowest BCUT2D eigenvalue weighted by Crippen LogP contribution is -2.31. The number of amides is 2. The summed E-state index contributed by atoms with van der Waals surface area (Å²) in [6.45, 7) is 0.343. The van der Waals surface area contributed by atoms with Crippen LogP contribution in [0.3, 0.4) is 0 Å². The molecular formula is C33H29N3O4S. The van der Waals surface area contributed by atoms with Crippen molar-refractivity contribution >= 4 is 46.2 Å². The Labute approximate surface area is 243 Å². The van der Waals surface area contributed by atoms with Gasteiger partial charge in [0.2, 0.25) is 0 Å². The van der Waals surface area contributed by atoms with E-state index in [0.29, 0.717) is 40.2 Å². The second kappa shape index (κ2) is 13.5. The van der Waals surface area contributed by atoms with Gasteiger partial charge in [0.15, 0.2) is 23.3 Å². The van der Waals surface area contributed by atoms with Crippen LogP contribution < -0.4 is 14.8 Å². The number of anilines is 1. The number of amidine groups is 1. The van der Waals surface area contributed by atoms with Crippen molar-refractivity contribution in [2.75, 3.05) is 25.6 Å². The minimum absolute atomic E-state index is 0.0995. The smallest absolute Gasteiger partial charge is 0.266 e. The first-order valence-electron chi connectivity index (χ1n) is 13.1. The van der Waals surface area contributed by atoms with Crippen molar-refractivity contribution < 1.29 is 19.1 Å². The fourth-order valence-corrected chi connectivity index (χ4v) is 5.22. The summed E-state index contributed by atoms with van der Waals surface area (Å²) >= 11 is 1.35. The molecule has 1 fully saturated rings. The minimum Gasteiger partial charge on any atom is -0.493 e. The number of rotatable bonds is 10. The number of ether oxygens (including phenoxy) is 2. The molecule has 1 saturated heterocycles. The molecule has 0 spiro atoms. The Balaban J connectivity index is 1.32. The second-order valence-electron chi connectivity index (χ2n) is 9.15. The Bertz CT molecular complexity index is 1560. The fraction of sp³-hybridized carbons (Fsp3) is 0.121. The van der Waals surface area contributed by atoms with Crippen molar-refractivity contribution in [1.29, 1.82) is 0 Å². The van der Waals surface area contributed by atoms with Gasteiger partial charge in [-0.05, 0) is 71.8 Å². The number of hydrogen-bond acceptors (Lipinski definition) is 6. The zero-order valence-corrected chi connectivity index (χ0v) is 23.3. The predicted octanol–water partition coefficient (Wildman–Crippen LogP) is 6.56. The molecule has 8 heteroatoms. The highest BCUT2D eigenvalue weighted by atomic mass is 32.2. The lowest BCUT2D eigenvalue weighted by atomic mass is 10.1. The van der Waals surface area contributed by atoms with Gasteiger partial charge >= 0.3 is 0 Å². The molecule has 2 amide bonds. The number of benzene rings is 4. The molecule has 0 unspecified atom stereocenters. The van der Waals surface area contributed by atoms with Crippen LogP contribution in [0, 0.1) is 0 Å². The number of thioether (sulfide) groups is 1. The van der Waals surface area contributed by atoms with Gasteiger partial charge in [-0.25, -0.2) is 4.99 Å². The Morgan fingerprint density at radius 2 is 1.59 bits per heavy atom. The number of nitrogens with zero attached hydrogens (tertiary/aromatic N) is 2. The van der Waals surface area contributed by atoms with E-state index in [1.807, 2.05) is 91.0 Å². The maximum absolute atomic E-state index is 13.5. The summed E-state index contributed by atoms with van der Waals surface area (Å²) in [6, 6.07) is 34.2. The van der Waals surface area contributed by atoms with Gasteiger partial charge in [0.25, 0.3) is 11.8 Å². The molecule has 5 rings (SSSR count). The highest BCUT2D eigenvalue weighted by Gasteiger charge is 2.33. The number of carbonyl (C=O) groups is 2. The summed E-state index contributed by atoms with van der Waals surface area (Å²) in [4.78, 5) is 32.9. The second-order valence-corrected chi connectivity index (χ2v) is 10.2. The molecule has 0 aliphatic carbocycles. The van der Waals surface area contributed by atoms with Crippen LogP contribution in [-0.4, -0.2) is 42.1 Å². The first kappa shape index (κ1) is 27.7. The zero-order chi connectivity index (χ0) is 28.4. The molecule has 4 aromatic carbocycles. The number of nitrogens with one attached hydrogen (secondary N) is 1. The van der Waals surface area contributed by atoms with E-state index >= 15 is 0 Å². The van der Waals surface area contributed by atoms with Crippen LogP contribution in [0.25, 0.3) is 6.08 Å². The van der Waals surface area contributed by atoms with Gasteiger partial charge < -0.3 is 14.8 Å². The molecular weight excluding hydrogens is 534 g/mol. The summed E-state index contributed by atoms with van der Waals surface area (Å²) in [6.07, 6.45) is 2.54. The maximum atomic E-state index is 13.5. The number of carbonyl (C=O) groups excluding carboxylic acids is 2. The third kappa shape index (κ3) is 7.43. The molecule has 7 nitrogen and oxygen atoms in total. The molecule has 0 radical (unpaired) electrons. The van der Waals surface area contributed by atoms with E-state index in [-0.39, 0.29) is 18.4 Å². The highest BCUT2D eigenvalue weighted by Crippen LogP contribution is 2.36. The van der Waals surface area contributed by atoms with Crippen molar-refractivity contribution in [3.8, 4) is 11.5 Å². The molecule has 0 atom stereocenters. The van der Waals surface area contributed by atoms with E-state index in [9.17, 15) is 9.59 Å². The van der Waals surface area contributed by atoms with Crippen LogP contribution in [0.15, 0.2) is 119 Å². The summed E-state index contributed by atoms with van der Waals surface area (Å²) in [5.74, 6) is 0.510. The van der Waals surface area contributed by atoms with E-state index in [1.54, 1.807) is 17.0 Å². The van der Waals surface area contributed by atoms with Crippen molar-refractivity contribution in [2.24, 2.45) is 4.99 Å². The van der Waals surface area contributed by atoms with Crippen LogP contribution in [0.2, 0.25) is 0 Å². The maximum Gasteiger partial charge on any atom is 0.266 e. The topological polar surface area (TPSA) is 80.2 Å². The first-order valence-corrected chi connectivity index (χ1v) is 14.0.